The van der Waals surface area contributed by atoms with Crippen molar-refractivity contribution in [1.29, 1.82) is 0 Å². The van der Waals surface area contributed by atoms with Gasteiger partial charge in [-0.1, -0.05) is 26.0 Å². The number of ketones is 1. The fourth-order valence-electron chi connectivity index (χ4n) is 1.95. The summed E-state index contributed by atoms with van der Waals surface area (Å²) < 4.78 is 5.64. The maximum Gasteiger partial charge on any atom is 0.164 e. The Morgan fingerprint density at radius 2 is 1.95 bits per heavy atom. The van der Waals surface area contributed by atoms with Crippen LogP contribution in [-0.2, 0) is 6.42 Å². The number of aromatic nitrogens is 1. The van der Waals surface area contributed by atoms with E-state index in [0.29, 0.717) is 17.9 Å². The topological polar surface area (TPSA) is 39.2 Å². The number of ether oxygens (including phenoxy) is 1. The van der Waals surface area contributed by atoms with E-state index in [-0.39, 0.29) is 5.78 Å². The minimum atomic E-state index is 0.128. The molecular formula is C18H21NO2. The van der Waals surface area contributed by atoms with Gasteiger partial charge in [0.05, 0.1) is 6.61 Å². The van der Waals surface area contributed by atoms with Gasteiger partial charge in [0.2, 0.25) is 0 Å². The lowest BCUT2D eigenvalue weighted by atomic mass is 10.0. The molecule has 1 aromatic carbocycles. The third kappa shape index (κ3) is 5.03. The number of rotatable bonds is 7. The Labute approximate surface area is 126 Å². The predicted octanol–water partition coefficient (Wildman–Crippen LogP) is 3.93. The summed E-state index contributed by atoms with van der Waals surface area (Å²) in [5.41, 5.74) is 1.82. The van der Waals surface area contributed by atoms with Gasteiger partial charge < -0.3 is 4.74 Å². The molecule has 0 radical (unpaired) electrons. The molecule has 0 unspecified atom stereocenters. The fourth-order valence-corrected chi connectivity index (χ4v) is 1.95. The van der Waals surface area contributed by atoms with Crippen molar-refractivity contribution >= 4 is 5.78 Å². The first kappa shape index (κ1) is 15.2. The number of aryl methyl sites for hydroxylation is 1. The quantitative estimate of drug-likeness (QED) is 0.723. The highest BCUT2D eigenvalue weighted by molar-refractivity contribution is 5.95. The van der Waals surface area contributed by atoms with Crippen molar-refractivity contribution in [2.75, 3.05) is 6.61 Å². The van der Waals surface area contributed by atoms with E-state index in [1.54, 1.807) is 24.5 Å². The van der Waals surface area contributed by atoms with Crippen LogP contribution in [0.15, 0.2) is 48.8 Å². The van der Waals surface area contributed by atoms with E-state index in [2.05, 4.69) is 18.8 Å². The van der Waals surface area contributed by atoms with E-state index in [1.165, 1.54) is 0 Å². The molecule has 1 heterocycles. The molecule has 0 saturated carbocycles. The van der Waals surface area contributed by atoms with Gasteiger partial charge in [-0.05, 0) is 42.2 Å². The average molecular weight is 283 g/mol. The molecule has 0 aliphatic heterocycles. The SMILES string of the molecule is CC(C)COc1ccc(CCC(=O)c2cccnc2)cc1. The largest absolute Gasteiger partial charge is 0.493 e. The van der Waals surface area contributed by atoms with Crippen LogP contribution in [0.1, 0.15) is 36.2 Å². The van der Waals surface area contributed by atoms with E-state index >= 15 is 0 Å². The molecule has 0 spiro atoms. The van der Waals surface area contributed by atoms with E-state index < -0.39 is 0 Å². The Kier molecular flexibility index (Phi) is 5.50. The van der Waals surface area contributed by atoms with Crippen molar-refractivity contribution in [2.45, 2.75) is 26.7 Å². The molecule has 0 bridgehead atoms. The summed E-state index contributed by atoms with van der Waals surface area (Å²) >= 11 is 0. The van der Waals surface area contributed by atoms with Crippen LogP contribution < -0.4 is 4.74 Å². The molecule has 2 rings (SSSR count). The zero-order valence-electron chi connectivity index (χ0n) is 12.6. The molecule has 0 aliphatic carbocycles. The third-order valence-corrected chi connectivity index (χ3v) is 3.13. The van der Waals surface area contributed by atoms with E-state index in [4.69, 9.17) is 4.74 Å². The van der Waals surface area contributed by atoms with Crippen molar-refractivity contribution in [2.24, 2.45) is 5.92 Å². The Bertz CT molecular complexity index is 562. The predicted molar refractivity (Wildman–Crippen MR) is 83.7 cm³/mol. The van der Waals surface area contributed by atoms with E-state index in [9.17, 15) is 4.79 Å². The smallest absolute Gasteiger partial charge is 0.164 e. The highest BCUT2D eigenvalue weighted by Gasteiger charge is 2.06. The first-order valence-electron chi connectivity index (χ1n) is 7.30. The highest BCUT2D eigenvalue weighted by atomic mass is 16.5. The lowest BCUT2D eigenvalue weighted by Crippen LogP contribution is -2.04. The lowest BCUT2D eigenvalue weighted by molar-refractivity contribution is 0.0982. The highest BCUT2D eigenvalue weighted by Crippen LogP contribution is 2.15. The first-order chi connectivity index (χ1) is 10.1. The molecule has 0 saturated heterocycles. The molecule has 0 fully saturated rings. The number of Topliss-reactive ketones (excluding diaryl/α,β-unsaturated/α-hetero) is 1. The zero-order chi connectivity index (χ0) is 15.1. The molecule has 0 N–H and O–H groups in total. The van der Waals surface area contributed by atoms with Gasteiger partial charge >= 0.3 is 0 Å². The van der Waals surface area contributed by atoms with Crippen LogP contribution in [0.2, 0.25) is 0 Å². The van der Waals surface area contributed by atoms with Crippen LogP contribution in [0.4, 0.5) is 0 Å². The molecule has 0 amide bonds. The van der Waals surface area contributed by atoms with Crippen LogP contribution in [0.5, 0.6) is 5.75 Å². The van der Waals surface area contributed by atoms with Crippen molar-refractivity contribution in [3.8, 4) is 5.75 Å². The number of nitrogens with zero attached hydrogens (tertiary/aromatic N) is 1. The van der Waals surface area contributed by atoms with Crippen LogP contribution in [0.3, 0.4) is 0 Å². The number of hydrogen-bond acceptors (Lipinski definition) is 3. The van der Waals surface area contributed by atoms with Gasteiger partial charge in [-0.2, -0.15) is 0 Å². The first-order valence-corrected chi connectivity index (χ1v) is 7.30. The Hall–Kier alpha value is -2.16. The summed E-state index contributed by atoms with van der Waals surface area (Å²) in [6.45, 7) is 4.97. The van der Waals surface area contributed by atoms with Crippen molar-refractivity contribution in [3.05, 3.63) is 59.9 Å². The molecule has 3 heteroatoms. The fraction of sp³-hybridized carbons (Fsp3) is 0.333. The number of pyridine rings is 1. The van der Waals surface area contributed by atoms with Gasteiger partial charge in [0.1, 0.15) is 5.75 Å². The standard InChI is InChI=1S/C18H21NO2/c1-14(2)13-21-17-8-5-15(6-9-17)7-10-18(20)16-4-3-11-19-12-16/h3-6,8-9,11-12,14H,7,10,13H2,1-2H3. The van der Waals surface area contributed by atoms with Gasteiger partial charge in [-0.3, -0.25) is 9.78 Å². The maximum absolute atomic E-state index is 12.0. The molecule has 2 aromatic rings. The van der Waals surface area contributed by atoms with Crippen LogP contribution in [0.25, 0.3) is 0 Å². The minimum Gasteiger partial charge on any atom is -0.493 e. The second-order valence-corrected chi connectivity index (χ2v) is 5.51. The van der Waals surface area contributed by atoms with Gasteiger partial charge in [-0.15, -0.1) is 0 Å². The Morgan fingerprint density at radius 1 is 1.19 bits per heavy atom. The van der Waals surface area contributed by atoms with E-state index in [1.807, 2.05) is 24.3 Å². The van der Waals surface area contributed by atoms with Crippen LogP contribution in [0, 0.1) is 5.92 Å². The van der Waals surface area contributed by atoms with Crippen LogP contribution in [-0.4, -0.2) is 17.4 Å². The number of hydrogen-bond donors (Lipinski definition) is 0. The second-order valence-electron chi connectivity index (χ2n) is 5.51. The van der Waals surface area contributed by atoms with Gasteiger partial charge in [0, 0.05) is 24.4 Å². The molecule has 0 atom stereocenters. The van der Waals surface area contributed by atoms with E-state index in [0.717, 1.165) is 24.3 Å². The summed E-state index contributed by atoms with van der Waals surface area (Å²) in [6, 6.07) is 11.6. The number of carbonyl (C=O) groups excluding carboxylic acids is 1. The van der Waals surface area contributed by atoms with Gasteiger partial charge in [0.25, 0.3) is 0 Å². The summed E-state index contributed by atoms with van der Waals surface area (Å²) in [7, 11) is 0. The summed E-state index contributed by atoms with van der Waals surface area (Å²) in [6.07, 6.45) is 4.52. The molecule has 110 valence electrons. The second kappa shape index (κ2) is 7.58. The van der Waals surface area contributed by atoms with Crippen LogP contribution >= 0.6 is 0 Å². The Morgan fingerprint density at radius 3 is 2.57 bits per heavy atom. The number of benzene rings is 1. The number of carbonyl (C=O) groups is 1. The van der Waals surface area contributed by atoms with Crippen molar-refractivity contribution in [1.82, 2.24) is 4.98 Å². The van der Waals surface area contributed by atoms with Crippen molar-refractivity contribution in [3.63, 3.8) is 0 Å². The summed E-state index contributed by atoms with van der Waals surface area (Å²) in [5.74, 6) is 1.52. The zero-order valence-corrected chi connectivity index (χ0v) is 12.6. The molecule has 3 nitrogen and oxygen atoms in total. The van der Waals surface area contributed by atoms with Gasteiger partial charge in [-0.25, -0.2) is 0 Å². The summed E-state index contributed by atoms with van der Waals surface area (Å²) in [5, 5.41) is 0. The lowest BCUT2D eigenvalue weighted by Gasteiger charge is -2.09. The monoisotopic (exact) mass is 283 g/mol. The average Bonchev–Trinajstić information content (AvgIpc) is 2.52. The third-order valence-electron chi connectivity index (χ3n) is 3.13. The molecule has 1 aromatic heterocycles. The minimum absolute atomic E-state index is 0.128. The normalized spacial score (nSPS) is 10.6. The van der Waals surface area contributed by atoms with Crippen molar-refractivity contribution < 1.29 is 9.53 Å². The molecule has 0 aliphatic rings. The van der Waals surface area contributed by atoms with Gasteiger partial charge in [0.15, 0.2) is 5.78 Å². The Balaban J connectivity index is 1.85. The summed E-state index contributed by atoms with van der Waals surface area (Å²) in [4.78, 5) is 16.0. The molecule has 21 heavy (non-hydrogen) atoms. The maximum atomic E-state index is 12.0. The molecular weight excluding hydrogens is 262 g/mol.